The van der Waals surface area contributed by atoms with Crippen LogP contribution in [0, 0.1) is 12.8 Å². The van der Waals surface area contributed by atoms with E-state index < -0.39 is 0 Å². The maximum atomic E-state index is 13.4. The van der Waals surface area contributed by atoms with Crippen molar-refractivity contribution in [1.82, 2.24) is 19.6 Å². The number of rotatable bonds is 5. The van der Waals surface area contributed by atoms with E-state index in [-0.39, 0.29) is 24.5 Å². The quantitative estimate of drug-likeness (QED) is 0.565. The lowest BCUT2D eigenvalue weighted by Crippen LogP contribution is -2.41. The average molecular weight is 508 g/mol. The number of likely N-dealkylation sites (tertiary alicyclic amines) is 1. The summed E-state index contributed by atoms with van der Waals surface area (Å²) in [5, 5.41) is 4.05. The molecular formula is C26H29N5O4S. The topological polar surface area (TPSA) is 96.9 Å². The Morgan fingerprint density at radius 3 is 2.69 bits per heavy atom. The second kappa shape index (κ2) is 9.57. The van der Waals surface area contributed by atoms with E-state index in [1.165, 1.54) is 11.5 Å². The van der Waals surface area contributed by atoms with Crippen LogP contribution in [0.25, 0.3) is 10.2 Å². The van der Waals surface area contributed by atoms with Crippen molar-refractivity contribution in [2.24, 2.45) is 5.92 Å². The molecular weight excluding hydrogens is 478 g/mol. The Morgan fingerprint density at radius 1 is 1.11 bits per heavy atom. The Morgan fingerprint density at radius 2 is 1.89 bits per heavy atom. The van der Waals surface area contributed by atoms with Crippen LogP contribution in [0.3, 0.4) is 0 Å². The van der Waals surface area contributed by atoms with Gasteiger partial charge in [-0.2, -0.15) is 4.37 Å². The molecule has 3 aromatic rings. The van der Waals surface area contributed by atoms with Crippen molar-refractivity contribution in [3.63, 3.8) is 0 Å². The largest absolute Gasteiger partial charge is 0.454 e. The van der Waals surface area contributed by atoms with E-state index in [0.717, 1.165) is 77.4 Å². The fourth-order valence-corrected chi connectivity index (χ4v) is 6.11. The first-order chi connectivity index (χ1) is 17.6. The summed E-state index contributed by atoms with van der Waals surface area (Å²) < 4.78 is 15.3. The third kappa shape index (κ3) is 4.23. The molecule has 0 radical (unpaired) electrons. The van der Waals surface area contributed by atoms with Gasteiger partial charge in [-0.05, 0) is 61.8 Å². The summed E-state index contributed by atoms with van der Waals surface area (Å²) in [5.74, 6) is 1.50. The molecule has 1 aromatic carbocycles. The summed E-state index contributed by atoms with van der Waals surface area (Å²) in [6.45, 7) is 5.67. The number of hydrogen-bond donors (Lipinski definition) is 1. The van der Waals surface area contributed by atoms with Gasteiger partial charge >= 0.3 is 0 Å². The lowest BCUT2D eigenvalue weighted by Gasteiger charge is -2.34. The monoisotopic (exact) mass is 507 g/mol. The number of benzene rings is 1. The summed E-state index contributed by atoms with van der Waals surface area (Å²) in [4.78, 5) is 36.0. The number of piperidine rings is 1. The molecule has 2 saturated heterocycles. The third-order valence-electron chi connectivity index (χ3n) is 7.36. The molecule has 0 saturated carbocycles. The van der Waals surface area contributed by atoms with Crippen LogP contribution in [-0.4, -0.2) is 59.0 Å². The number of aromatic nitrogens is 2. The van der Waals surface area contributed by atoms with Crippen molar-refractivity contribution in [2.75, 3.05) is 37.9 Å². The van der Waals surface area contributed by atoms with Crippen LogP contribution in [-0.2, 0) is 11.3 Å². The second-order valence-electron chi connectivity index (χ2n) is 9.63. The number of hydrogen-bond acceptors (Lipinski definition) is 8. The first-order valence-electron chi connectivity index (χ1n) is 12.5. The van der Waals surface area contributed by atoms with E-state index >= 15 is 0 Å². The number of ether oxygens (including phenoxy) is 2. The smallest absolute Gasteiger partial charge is 0.257 e. The Kier molecular flexibility index (Phi) is 6.12. The van der Waals surface area contributed by atoms with Crippen molar-refractivity contribution in [1.29, 1.82) is 0 Å². The summed E-state index contributed by atoms with van der Waals surface area (Å²) in [6.07, 6.45) is 5.26. The fourth-order valence-electron chi connectivity index (χ4n) is 5.36. The molecule has 10 heteroatoms. The molecule has 36 heavy (non-hydrogen) atoms. The van der Waals surface area contributed by atoms with Crippen LogP contribution in [0.2, 0.25) is 0 Å². The summed E-state index contributed by atoms with van der Waals surface area (Å²) >= 11 is 1.37. The average Bonchev–Trinajstić information content (AvgIpc) is 3.68. The van der Waals surface area contributed by atoms with E-state index in [0.29, 0.717) is 25.2 Å². The molecule has 188 valence electrons. The highest BCUT2D eigenvalue weighted by atomic mass is 32.1. The highest BCUT2D eigenvalue weighted by molar-refractivity contribution is 7.13. The molecule has 5 heterocycles. The van der Waals surface area contributed by atoms with Crippen LogP contribution in [0.15, 0.2) is 24.4 Å². The number of nitrogens with one attached hydrogen (secondary N) is 1. The molecule has 2 fully saturated rings. The standard InChI is InChI=1S/C26H29N5O4S/c1-16-22-23(19(14-28-25(22)36-29-16)26(33)31-8-2-3-9-31)30-10-6-18(7-11-30)24(32)27-13-17-4-5-20-21(12-17)35-15-34-20/h4-5,12,14,18H,2-3,6-11,13,15H2,1H3,(H,27,32). The van der Waals surface area contributed by atoms with E-state index in [1.807, 2.05) is 30.0 Å². The van der Waals surface area contributed by atoms with Crippen molar-refractivity contribution < 1.29 is 19.1 Å². The molecule has 2 amide bonds. The lowest BCUT2D eigenvalue weighted by atomic mass is 9.94. The number of amides is 2. The van der Waals surface area contributed by atoms with Crippen LogP contribution in [0.5, 0.6) is 11.5 Å². The maximum absolute atomic E-state index is 13.4. The highest BCUT2D eigenvalue weighted by Gasteiger charge is 2.31. The van der Waals surface area contributed by atoms with Crippen molar-refractivity contribution >= 4 is 39.3 Å². The van der Waals surface area contributed by atoms with Gasteiger partial charge in [0.25, 0.3) is 5.91 Å². The van der Waals surface area contributed by atoms with Gasteiger partial charge in [0.05, 0.1) is 22.3 Å². The predicted molar refractivity (Wildman–Crippen MR) is 137 cm³/mol. The molecule has 0 aliphatic carbocycles. The number of fused-ring (bicyclic) bond motifs is 2. The van der Waals surface area contributed by atoms with Gasteiger partial charge in [0.15, 0.2) is 11.5 Å². The van der Waals surface area contributed by atoms with Crippen LogP contribution >= 0.6 is 11.5 Å². The third-order valence-corrected chi connectivity index (χ3v) is 8.20. The molecule has 1 N–H and O–H groups in total. The highest BCUT2D eigenvalue weighted by Crippen LogP contribution is 2.37. The van der Waals surface area contributed by atoms with Crippen LogP contribution < -0.4 is 19.7 Å². The zero-order valence-corrected chi connectivity index (χ0v) is 21.1. The minimum Gasteiger partial charge on any atom is -0.454 e. The Bertz CT molecular complexity index is 1310. The maximum Gasteiger partial charge on any atom is 0.257 e. The number of anilines is 1. The van der Waals surface area contributed by atoms with Gasteiger partial charge < -0.3 is 24.6 Å². The predicted octanol–water partition coefficient (Wildman–Crippen LogP) is 3.50. The molecule has 0 unspecified atom stereocenters. The van der Waals surface area contributed by atoms with Crippen molar-refractivity contribution in [2.45, 2.75) is 39.2 Å². The van der Waals surface area contributed by atoms with Crippen LogP contribution in [0.1, 0.15) is 47.3 Å². The minimum atomic E-state index is -0.0629. The van der Waals surface area contributed by atoms with E-state index in [2.05, 4.69) is 19.6 Å². The van der Waals surface area contributed by atoms with Gasteiger partial charge in [0, 0.05) is 44.8 Å². The van der Waals surface area contributed by atoms with E-state index in [9.17, 15) is 9.59 Å². The zero-order chi connectivity index (χ0) is 24.6. The Balaban J connectivity index is 1.15. The molecule has 3 aliphatic heterocycles. The normalized spacial score (nSPS) is 17.7. The first kappa shape index (κ1) is 23.0. The van der Waals surface area contributed by atoms with Crippen molar-refractivity contribution in [3.8, 4) is 11.5 Å². The van der Waals surface area contributed by atoms with Gasteiger partial charge in [0.2, 0.25) is 12.7 Å². The Labute approximate surface area is 213 Å². The number of nitrogens with zero attached hydrogens (tertiary/aromatic N) is 4. The fraction of sp³-hybridized carbons (Fsp3) is 0.462. The van der Waals surface area contributed by atoms with Gasteiger partial charge in [-0.1, -0.05) is 6.07 Å². The second-order valence-corrected chi connectivity index (χ2v) is 10.4. The number of carbonyl (C=O) groups excluding carboxylic acids is 2. The SMILES string of the molecule is Cc1nsc2ncc(C(=O)N3CCCC3)c(N3CCC(C(=O)NCc4ccc5c(c4)OCO5)CC3)c12. The van der Waals surface area contributed by atoms with Gasteiger partial charge in [-0.3, -0.25) is 9.59 Å². The molecule has 0 spiro atoms. The molecule has 0 atom stereocenters. The minimum absolute atomic E-state index is 0.0473. The molecule has 3 aliphatic rings. The number of carbonyl (C=O) groups is 2. The zero-order valence-electron chi connectivity index (χ0n) is 20.3. The molecule has 0 bridgehead atoms. The van der Waals surface area contributed by atoms with Crippen molar-refractivity contribution in [3.05, 3.63) is 41.2 Å². The summed E-state index contributed by atoms with van der Waals surface area (Å²) in [5.41, 5.74) is 3.47. The molecule has 2 aromatic heterocycles. The van der Waals surface area contributed by atoms with E-state index in [4.69, 9.17) is 9.47 Å². The Hall–Kier alpha value is -3.40. The van der Waals surface area contributed by atoms with Gasteiger partial charge in [-0.25, -0.2) is 4.98 Å². The number of aryl methyl sites for hydroxylation is 1. The van der Waals surface area contributed by atoms with E-state index in [1.54, 1.807) is 6.20 Å². The number of pyridine rings is 1. The molecule has 9 nitrogen and oxygen atoms in total. The summed E-state index contributed by atoms with van der Waals surface area (Å²) in [7, 11) is 0. The first-order valence-corrected chi connectivity index (χ1v) is 13.3. The van der Waals surface area contributed by atoms with Gasteiger partial charge in [-0.15, -0.1) is 0 Å². The lowest BCUT2D eigenvalue weighted by molar-refractivity contribution is -0.125. The summed E-state index contributed by atoms with van der Waals surface area (Å²) in [6, 6.07) is 5.73. The van der Waals surface area contributed by atoms with Crippen LogP contribution in [0.4, 0.5) is 5.69 Å². The van der Waals surface area contributed by atoms with Gasteiger partial charge in [0.1, 0.15) is 4.83 Å². The molecule has 6 rings (SSSR count).